The maximum atomic E-state index is 9.36. The molecule has 0 unspecified atom stereocenters. The van der Waals surface area contributed by atoms with Crippen LogP contribution in [0, 0.1) is 0 Å². The monoisotopic (exact) mass is 182 g/mol. The number of aliphatic hydroxyl groups is 2. The second-order valence-electron chi connectivity index (χ2n) is 3.13. The van der Waals surface area contributed by atoms with Crippen molar-refractivity contribution in [2.24, 2.45) is 0 Å². The van der Waals surface area contributed by atoms with Crippen molar-refractivity contribution in [3.8, 4) is 5.75 Å². The van der Waals surface area contributed by atoms with Crippen molar-refractivity contribution in [3.63, 3.8) is 0 Å². The Balaban J connectivity index is 2.98. The molecule has 0 bridgehead atoms. The van der Waals surface area contributed by atoms with E-state index >= 15 is 0 Å². The highest BCUT2D eigenvalue weighted by atomic mass is 16.3. The van der Waals surface area contributed by atoms with Crippen LogP contribution in [0.3, 0.4) is 0 Å². The lowest BCUT2D eigenvalue weighted by Gasteiger charge is -2.10. The summed E-state index contributed by atoms with van der Waals surface area (Å²) in [6.07, 6.45) is -0.0169. The Morgan fingerprint density at radius 1 is 1.38 bits per heavy atom. The first-order valence-electron chi connectivity index (χ1n) is 4.23. The topological polar surface area (TPSA) is 60.7 Å². The highest BCUT2D eigenvalue weighted by molar-refractivity contribution is 5.38. The lowest BCUT2D eigenvalue weighted by molar-refractivity contribution is 0.194. The van der Waals surface area contributed by atoms with Gasteiger partial charge in [0.25, 0.3) is 0 Å². The molecule has 0 aliphatic rings. The van der Waals surface area contributed by atoms with E-state index in [1.54, 1.807) is 19.1 Å². The number of benzene rings is 1. The Labute approximate surface area is 77.3 Å². The fraction of sp³-hybridized carbons (Fsp3) is 0.400. The fourth-order valence-electron chi connectivity index (χ4n) is 1.31. The van der Waals surface area contributed by atoms with Crippen molar-refractivity contribution in [3.05, 3.63) is 29.3 Å². The molecular formula is C10H14O3. The Bertz CT molecular complexity index is 281. The van der Waals surface area contributed by atoms with Crippen LogP contribution in [0.15, 0.2) is 18.2 Å². The highest BCUT2D eigenvalue weighted by Gasteiger charge is 2.08. The van der Waals surface area contributed by atoms with E-state index in [9.17, 15) is 5.11 Å². The molecule has 0 heterocycles. The quantitative estimate of drug-likeness (QED) is 0.648. The zero-order chi connectivity index (χ0) is 9.84. The van der Waals surface area contributed by atoms with E-state index in [0.717, 1.165) is 5.56 Å². The van der Waals surface area contributed by atoms with Gasteiger partial charge >= 0.3 is 0 Å². The van der Waals surface area contributed by atoms with Gasteiger partial charge in [-0.25, -0.2) is 0 Å². The summed E-state index contributed by atoms with van der Waals surface area (Å²) in [5.74, 6) is 0.0839. The summed E-state index contributed by atoms with van der Waals surface area (Å²) in [6, 6.07) is 5.02. The predicted octanol–water partition coefficient (Wildman–Crippen LogP) is 0.808. The predicted molar refractivity (Wildman–Crippen MR) is 49.4 cm³/mol. The second kappa shape index (κ2) is 4.25. The van der Waals surface area contributed by atoms with Crippen molar-refractivity contribution in [1.29, 1.82) is 0 Å². The van der Waals surface area contributed by atoms with E-state index in [1.807, 2.05) is 0 Å². The van der Waals surface area contributed by atoms with Crippen LogP contribution in [0.25, 0.3) is 0 Å². The summed E-state index contributed by atoms with van der Waals surface area (Å²) in [4.78, 5) is 0. The van der Waals surface area contributed by atoms with Gasteiger partial charge in [-0.2, -0.15) is 0 Å². The van der Waals surface area contributed by atoms with E-state index in [2.05, 4.69) is 0 Å². The van der Waals surface area contributed by atoms with Crippen molar-refractivity contribution < 1.29 is 15.3 Å². The van der Waals surface area contributed by atoms with Gasteiger partial charge in [-0.15, -0.1) is 0 Å². The summed E-state index contributed by atoms with van der Waals surface area (Å²) in [7, 11) is 0. The molecule has 72 valence electrons. The maximum Gasteiger partial charge on any atom is 0.121 e. The molecule has 0 aliphatic carbocycles. The molecule has 0 spiro atoms. The summed E-state index contributed by atoms with van der Waals surface area (Å²) in [6.45, 7) is 1.47. The first-order valence-corrected chi connectivity index (χ1v) is 4.23. The van der Waals surface area contributed by atoms with Crippen LogP contribution in [0.5, 0.6) is 5.75 Å². The summed E-state index contributed by atoms with van der Waals surface area (Å²) in [5.41, 5.74) is 1.29. The molecule has 3 N–H and O–H groups in total. The van der Waals surface area contributed by atoms with Gasteiger partial charge in [-0.1, -0.05) is 12.1 Å². The second-order valence-corrected chi connectivity index (χ2v) is 3.13. The number of hydrogen-bond acceptors (Lipinski definition) is 3. The number of hydrogen-bond donors (Lipinski definition) is 3. The maximum absolute atomic E-state index is 9.36. The van der Waals surface area contributed by atoms with Gasteiger partial charge in [0.05, 0.1) is 12.7 Å². The molecule has 1 atom stereocenters. The van der Waals surface area contributed by atoms with E-state index in [1.165, 1.54) is 6.07 Å². The number of aromatic hydroxyl groups is 1. The molecule has 3 heteroatoms. The number of aliphatic hydroxyl groups excluding tert-OH is 2. The van der Waals surface area contributed by atoms with Crippen molar-refractivity contribution in [2.75, 3.05) is 0 Å². The van der Waals surface area contributed by atoms with Gasteiger partial charge in [-0.05, 0) is 25.0 Å². The highest BCUT2D eigenvalue weighted by Crippen LogP contribution is 2.21. The van der Waals surface area contributed by atoms with Gasteiger partial charge < -0.3 is 15.3 Å². The van der Waals surface area contributed by atoms with Crippen LogP contribution in [0.2, 0.25) is 0 Å². The van der Waals surface area contributed by atoms with Gasteiger partial charge in [0.1, 0.15) is 5.75 Å². The molecule has 1 aromatic rings. The average molecular weight is 182 g/mol. The van der Waals surface area contributed by atoms with Gasteiger partial charge in [0.2, 0.25) is 0 Å². The standard InChI is InChI=1S/C10H14O3/c1-7(12)5-8-3-2-4-10(13)9(8)6-11/h2-4,7,11-13H,5-6H2,1H3/t7-/m1/s1. The third kappa shape index (κ3) is 2.44. The molecule has 0 radical (unpaired) electrons. The summed E-state index contributed by atoms with van der Waals surface area (Å²) >= 11 is 0. The average Bonchev–Trinajstić information content (AvgIpc) is 2.03. The van der Waals surface area contributed by atoms with Crippen LogP contribution in [0.4, 0.5) is 0 Å². The van der Waals surface area contributed by atoms with E-state index < -0.39 is 6.10 Å². The molecule has 0 saturated heterocycles. The first-order chi connectivity index (χ1) is 6.15. The molecule has 0 saturated carbocycles. The van der Waals surface area contributed by atoms with Crippen molar-refractivity contribution >= 4 is 0 Å². The van der Waals surface area contributed by atoms with Gasteiger partial charge in [0, 0.05) is 5.56 Å². The molecule has 0 fully saturated rings. The molecular weight excluding hydrogens is 168 g/mol. The fourth-order valence-corrected chi connectivity index (χ4v) is 1.31. The van der Waals surface area contributed by atoms with Gasteiger partial charge in [-0.3, -0.25) is 0 Å². The van der Waals surface area contributed by atoms with Crippen LogP contribution < -0.4 is 0 Å². The van der Waals surface area contributed by atoms with Crippen LogP contribution in [-0.4, -0.2) is 21.4 Å². The third-order valence-electron chi connectivity index (χ3n) is 1.92. The van der Waals surface area contributed by atoms with Crippen molar-refractivity contribution in [1.82, 2.24) is 0 Å². The normalized spacial score (nSPS) is 12.8. The lowest BCUT2D eigenvalue weighted by Crippen LogP contribution is -2.06. The molecule has 3 nitrogen and oxygen atoms in total. The van der Waals surface area contributed by atoms with Gasteiger partial charge in [0.15, 0.2) is 0 Å². The summed E-state index contributed by atoms with van der Waals surface area (Å²) < 4.78 is 0. The van der Waals surface area contributed by atoms with E-state index in [0.29, 0.717) is 12.0 Å². The Hall–Kier alpha value is -1.06. The molecule has 1 rings (SSSR count). The zero-order valence-electron chi connectivity index (χ0n) is 7.57. The third-order valence-corrected chi connectivity index (χ3v) is 1.92. The molecule has 0 amide bonds. The lowest BCUT2D eigenvalue weighted by atomic mass is 10.0. The Kier molecular flexibility index (Phi) is 3.28. The zero-order valence-corrected chi connectivity index (χ0v) is 7.57. The SMILES string of the molecule is C[C@@H](O)Cc1cccc(O)c1CO. The minimum absolute atomic E-state index is 0.0839. The number of rotatable bonds is 3. The minimum Gasteiger partial charge on any atom is -0.508 e. The van der Waals surface area contributed by atoms with Crippen LogP contribution >= 0.6 is 0 Å². The van der Waals surface area contributed by atoms with E-state index in [-0.39, 0.29) is 12.4 Å². The first kappa shape index (κ1) is 10.0. The summed E-state index contributed by atoms with van der Waals surface area (Å²) in [5, 5.41) is 27.5. The molecule has 0 aromatic heterocycles. The molecule has 13 heavy (non-hydrogen) atoms. The smallest absolute Gasteiger partial charge is 0.121 e. The Morgan fingerprint density at radius 3 is 2.62 bits per heavy atom. The van der Waals surface area contributed by atoms with Crippen molar-refractivity contribution in [2.45, 2.75) is 26.1 Å². The minimum atomic E-state index is -0.466. The largest absolute Gasteiger partial charge is 0.508 e. The molecule has 0 aliphatic heterocycles. The van der Waals surface area contributed by atoms with Crippen LogP contribution in [-0.2, 0) is 13.0 Å². The van der Waals surface area contributed by atoms with Crippen LogP contribution in [0.1, 0.15) is 18.1 Å². The Morgan fingerprint density at radius 2 is 2.08 bits per heavy atom. The number of phenols is 1. The van der Waals surface area contributed by atoms with E-state index in [4.69, 9.17) is 10.2 Å². The molecule has 1 aromatic carbocycles.